The predicted octanol–water partition coefficient (Wildman–Crippen LogP) is 2.84. The van der Waals surface area contributed by atoms with Gasteiger partial charge in [0.15, 0.2) is 5.69 Å². The van der Waals surface area contributed by atoms with Gasteiger partial charge in [-0.05, 0) is 50.7 Å². The number of halogens is 3. The van der Waals surface area contributed by atoms with Crippen LogP contribution in [0.15, 0.2) is 24.5 Å². The summed E-state index contributed by atoms with van der Waals surface area (Å²) in [7, 11) is 0. The first kappa shape index (κ1) is 21.3. The highest BCUT2D eigenvalue weighted by molar-refractivity contribution is 5.94. The van der Waals surface area contributed by atoms with Crippen LogP contribution in [0.2, 0.25) is 0 Å². The van der Waals surface area contributed by atoms with E-state index in [4.69, 9.17) is 0 Å². The van der Waals surface area contributed by atoms with E-state index in [1.807, 2.05) is 0 Å². The van der Waals surface area contributed by atoms with Crippen molar-refractivity contribution in [2.45, 2.75) is 56.8 Å². The zero-order chi connectivity index (χ0) is 22.0. The highest BCUT2D eigenvalue weighted by Crippen LogP contribution is 2.29. The third kappa shape index (κ3) is 4.86. The summed E-state index contributed by atoms with van der Waals surface area (Å²) in [6.45, 7) is 1.51. The van der Waals surface area contributed by atoms with Gasteiger partial charge in [-0.1, -0.05) is 5.21 Å². The van der Waals surface area contributed by atoms with Gasteiger partial charge in [-0.2, -0.15) is 13.2 Å². The second-order valence-corrected chi connectivity index (χ2v) is 7.99. The van der Waals surface area contributed by atoms with Gasteiger partial charge in [0.05, 0.1) is 17.8 Å². The first-order valence-electron chi connectivity index (χ1n) is 10.4. The quantitative estimate of drug-likeness (QED) is 0.796. The molecule has 0 radical (unpaired) electrons. The largest absolute Gasteiger partial charge is 0.433 e. The van der Waals surface area contributed by atoms with E-state index in [0.717, 1.165) is 57.1 Å². The van der Waals surface area contributed by atoms with Gasteiger partial charge in [0, 0.05) is 25.3 Å². The van der Waals surface area contributed by atoms with Crippen LogP contribution in [0, 0.1) is 0 Å². The first-order valence-corrected chi connectivity index (χ1v) is 10.4. The maximum absolute atomic E-state index is 12.6. The lowest BCUT2D eigenvalue weighted by Crippen LogP contribution is -2.38. The van der Waals surface area contributed by atoms with Gasteiger partial charge in [-0.15, -0.1) is 5.10 Å². The van der Waals surface area contributed by atoms with Crippen molar-refractivity contribution in [1.29, 1.82) is 0 Å². The van der Waals surface area contributed by atoms with Crippen LogP contribution in [-0.2, 0) is 6.18 Å². The number of carbonyl (C=O) groups is 2. The number of rotatable bonds is 4. The van der Waals surface area contributed by atoms with Crippen molar-refractivity contribution < 1.29 is 22.8 Å². The molecule has 1 aliphatic carbocycles. The molecular formula is C20H23F3N6O2. The van der Waals surface area contributed by atoms with Crippen LogP contribution >= 0.6 is 0 Å². The Morgan fingerprint density at radius 1 is 1.06 bits per heavy atom. The summed E-state index contributed by atoms with van der Waals surface area (Å²) in [5.41, 5.74) is -0.580. The smallest absolute Gasteiger partial charge is 0.349 e. The number of amides is 2. The van der Waals surface area contributed by atoms with Crippen LogP contribution in [-0.4, -0.2) is 55.8 Å². The van der Waals surface area contributed by atoms with E-state index in [1.54, 1.807) is 15.8 Å². The molecule has 2 fully saturated rings. The Labute approximate surface area is 176 Å². The molecule has 31 heavy (non-hydrogen) atoms. The number of hydrogen-bond acceptors (Lipinski definition) is 5. The summed E-state index contributed by atoms with van der Waals surface area (Å²) in [6.07, 6.45) is 3.01. The fourth-order valence-electron chi connectivity index (χ4n) is 4.08. The summed E-state index contributed by atoms with van der Waals surface area (Å²) in [5.74, 6) is -0.529. The molecule has 3 heterocycles. The number of likely N-dealkylation sites (tertiary alicyclic amines) is 1. The van der Waals surface area contributed by atoms with Crippen molar-refractivity contribution in [3.8, 4) is 0 Å². The number of aromatic nitrogens is 4. The lowest BCUT2D eigenvalue weighted by atomic mass is 9.91. The molecule has 2 amide bonds. The SMILES string of the molecule is O=C(NC1CCC(n2cc(C(=O)N3CCCC3)nn2)CC1)c1ccc(C(F)(F)F)nc1. The molecule has 0 unspecified atom stereocenters. The molecule has 0 aromatic carbocycles. The van der Waals surface area contributed by atoms with Crippen LogP contribution in [0.25, 0.3) is 0 Å². The third-order valence-corrected chi connectivity index (χ3v) is 5.84. The molecule has 0 atom stereocenters. The van der Waals surface area contributed by atoms with Crippen LogP contribution in [0.1, 0.15) is 71.1 Å². The van der Waals surface area contributed by atoms with Crippen molar-refractivity contribution >= 4 is 11.8 Å². The van der Waals surface area contributed by atoms with Gasteiger partial charge in [0.2, 0.25) is 0 Å². The Kier molecular flexibility index (Phi) is 5.92. The molecule has 11 heteroatoms. The van der Waals surface area contributed by atoms with Crippen molar-refractivity contribution in [1.82, 2.24) is 30.2 Å². The number of nitrogens with zero attached hydrogens (tertiary/aromatic N) is 5. The first-order chi connectivity index (χ1) is 14.8. The molecule has 2 aromatic rings. The molecule has 1 N–H and O–H groups in total. The summed E-state index contributed by atoms with van der Waals surface area (Å²) >= 11 is 0. The molecular weight excluding hydrogens is 413 g/mol. The molecule has 0 bridgehead atoms. The molecule has 8 nitrogen and oxygen atoms in total. The summed E-state index contributed by atoms with van der Waals surface area (Å²) in [5, 5.41) is 11.0. The Morgan fingerprint density at radius 2 is 1.77 bits per heavy atom. The van der Waals surface area contributed by atoms with E-state index < -0.39 is 17.8 Å². The molecule has 166 valence electrons. The fraction of sp³-hybridized carbons (Fsp3) is 0.550. The standard InChI is InChI=1S/C20H23F3N6O2/c21-20(22,23)17-8-3-13(11-24-17)18(30)25-14-4-6-15(7-5-14)29-12-16(26-27-29)19(31)28-9-1-2-10-28/h3,8,11-12,14-15H,1-2,4-7,9-10H2,(H,25,30). The van der Waals surface area contributed by atoms with Gasteiger partial charge < -0.3 is 10.2 Å². The van der Waals surface area contributed by atoms with Gasteiger partial charge in [0.1, 0.15) is 5.69 Å². The third-order valence-electron chi connectivity index (χ3n) is 5.84. The Hall–Kier alpha value is -2.98. The zero-order valence-electron chi connectivity index (χ0n) is 16.8. The van der Waals surface area contributed by atoms with Crippen molar-refractivity contribution in [2.75, 3.05) is 13.1 Å². The molecule has 1 saturated carbocycles. The Balaban J connectivity index is 1.29. The Morgan fingerprint density at radius 3 is 2.39 bits per heavy atom. The van der Waals surface area contributed by atoms with Crippen LogP contribution in [0.3, 0.4) is 0 Å². The summed E-state index contributed by atoms with van der Waals surface area (Å²) in [4.78, 5) is 29.9. The minimum absolute atomic E-state index is 0.0831. The second-order valence-electron chi connectivity index (χ2n) is 7.99. The average molecular weight is 436 g/mol. The molecule has 2 aliphatic rings. The second kappa shape index (κ2) is 8.64. The number of nitrogens with one attached hydrogen (secondary N) is 1. The van der Waals surface area contributed by atoms with Gasteiger partial charge >= 0.3 is 6.18 Å². The average Bonchev–Trinajstić information content (AvgIpc) is 3.46. The van der Waals surface area contributed by atoms with Crippen LogP contribution in [0.5, 0.6) is 0 Å². The van der Waals surface area contributed by atoms with Gasteiger partial charge in [-0.25, -0.2) is 4.68 Å². The van der Waals surface area contributed by atoms with Crippen molar-refractivity contribution in [3.05, 3.63) is 41.5 Å². The molecule has 1 aliphatic heterocycles. The van der Waals surface area contributed by atoms with E-state index in [1.165, 1.54) is 0 Å². The van der Waals surface area contributed by atoms with E-state index in [-0.39, 0.29) is 23.6 Å². The van der Waals surface area contributed by atoms with Crippen LogP contribution in [0.4, 0.5) is 13.2 Å². The summed E-state index contributed by atoms with van der Waals surface area (Å²) in [6, 6.07) is 1.94. The molecule has 0 spiro atoms. The molecule has 2 aromatic heterocycles. The number of pyridine rings is 1. The fourth-order valence-corrected chi connectivity index (χ4v) is 4.08. The van der Waals surface area contributed by atoms with E-state index in [2.05, 4.69) is 20.6 Å². The zero-order valence-corrected chi connectivity index (χ0v) is 16.8. The van der Waals surface area contributed by atoms with E-state index >= 15 is 0 Å². The molecule has 4 rings (SSSR count). The number of hydrogen-bond donors (Lipinski definition) is 1. The van der Waals surface area contributed by atoms with Crippen molar-refractivity contribution in [2.24, 2.45) is 0 Å². The highest BCUT2D eigenvalue weighted by atomic mass is 19.4. The number of carbonyl (C=O) groups excluding carboxylic acids is 2. The molecule has 1 saturated heterocycles. The van der Waals surface area contributed by atoms with Gasteiger partial charge in [-0.3, -0.25) is 14.6 Å². The number of alkyl halides is 3. The van der Waals surface area contributed by atoms with Crippen LogP contribution < -0.4 is 5.32 Å². The lowest BCUT2D eigenvalue weighted by Gasteiger charge is -2.29. The lowest BCUT2D eigenvalue weighted by molar-refractivity contribution is -0.141. The highest BCUT2D eigenvalue weighted by Gasteiger charge is 2.32. The van der Waals surface area contributed by atoms with Gasteiger partial charge in [0.25, 0.3) is 11.8 Å². The maximum Gasteiger partial charge on any atom is 0.433 e. The Bertz CT molecular complexity index is 929. The van der Waals surface area contributed by atoms with E-state index in [0.29, 0.717) is 18.5 Å². The monoisotopic (exact) mass is 436 g/mol. The summed E-state index contributed by atoms with van der Waals surface area (Å²) < 4.78 is 39.5. The maximum atomic E-state index is 12.6. The van der Waals surface area contributed by atoms with Crippen molar-refractivity contribution in [3.63, 3.8) is 0 Å². The normalized spacial score (nSPS) is 21.8. The topological polar surface area (TPSA) is 93.0 Å². The predicted molar refractivity (Wildman–Crippen MR) is 103 cm³/mol. The minimum atomic E-state index is -4.53. The minimum Gasteiger partial charge on any atom is -0.349 e. The van der Waals surface area contributed by atoms with E-state index in [9.17, 15) is 22.8 Å².